The van der Waals surface area contributed by atoms with Crippen LogP contribution in [0, 0.1) is 6.92 Å². The van der Waals surface area contributed by atoms with E-state index in [1.807, 2.05) is 0 Å². The van der Waals surface area contributed by atoms with Crippen LogP contribution in [0.5, 0.6) is 0 Å². The van der Waals surface area contributed by atoms with Crippen molar-refractivity contribution in [1.82, 2.24) is 4.90 Å². The van der Waals surface area contributed by atoms with Gasteiger partial charge in [-0.25, -0.2) is 0 Å². The van der Waals surface area contributed by atoms with Gasteiger partial charge < -0.3 is 4.90 Å². The van der Waals surface area contributed by atoms with E-state index in [2.05, 4.69) is 43.9 Å². The maximum Gasteiger partial charge on any atom is 0.223 e. The van der Waals surface area contributed by atoms with Crippen molar-refractivity contribution in [2.45, 2.75) is 52.5 Å². The van der Waals surface area contributed by atoms with Crippen molar-refractivity contribution in [3.8, 4) is 0 Å². The number of hydrogen-bond donors (Lipinski definition) is 0. The summed E-state index contributed by atoms with van der Waals surface area (Å²) in [5.41, 5.74) is 4.11. The fourth-order valence-electron chi connectivity index (χ4n) is 2.94. The Morgan fingerprint density at radius 1 is 1.39 bits per heavy atom. The van der Waals surface area contributed by atoms with E-state index in [1.54, 1.807) is 0 Å². The number of carbonyl (C=O) groups is 1. The predicted octanol–water partition coefficient (Wildman–Crippen LogP) is 3.63. The van der Waals surface area contributed by atoms with Crippen LogP contribution in [0.4, 0.5) is 0 Å². The molecule has 1 aliphatic heterocycles. The minimum Gasteiger partial charge on any atom is -0.335 e. The van der Waals surface area contributed by atoms with Gasteiger partial charge in [0.05, 0.1) is 6.04 Å². The fraction of sp³-hybridized carbons (Fsp3) is 0.562. The summed E-state index contributed by atoms with van der Waals surface area (Å²) in [6.45, 7) is 7.26. The first-order chi connectivity index (χ1) is 8.67. The standard InChI is InChI=1S/C16H23NO/c1-4-6-16(18)17-10-9-13-11-12(3)7-8-14(13)15(17)5-2/h7-8,11,15H,4-6,9-10H2,1-3H3. The molecule has 1 unspecified atom stereocenters. The summed E-state index contributed by atoms with van der Waals surface area (Å²) in [6, 6.07) is 6.94. The number of benzene rings is 1. The Morgan fingerprint density at radius 3 is 2.83 bits per heavy atom. The van der Waals surface area contributed by atoms with Gasteiger partial charge in [0, 0.05) is 13.0 Å². The molecule has 0 N–H and O–H groups in total. The molecule has 1 aromatic carbocycles. The van der Waals surface area contributed by atoms with E-state index in [0.717, 1.165) is 25.8 Å². The molecule has 98 valence electrons. The summed E-state index contributed by atoms with van der Waals surface area (Å²) in [4.78, 5) is 14.3. The third-order valence-corrected chi connectivity index (χ3v) is 3.83. The van der Waals surface area contributed by atoms with Crippen molar-refractivity contribution < 1.29 is 4.79 Å². The van der Waals surface area contributed by atoms with Gasteiger partial charge in [0.2, 0.25) is 5.91 Å². The Labute approximate surface area is 110 Å². The highest BCUT2D eigenvalue weighted by Gasteiger charge is 2.28. The van der Waals surface area contributed by atoms with Gasteiger partial charge in [-0.1, -0.05) is 37.6 Å². The smallest absolute Gasteiger partial charge is 0.223 e. The highest BCUT2D eigenvalue weighted by atomic mass is 16.2. The highest BCUT2D eigenvalue weighted by molar-refractivity contribution is 5.77. The summed E-state index contributed by atoms with van der Waals surface area (Å²) in [5, 5.41) is 0. The molecule has 1 heterocycles. The molecular weight excluding hydrogens is 222 g/mol. The zero-order valence-corrected chi connectivity index (χ0v) is 11.7. The first-order valence-corrected chi connectivity index (χ1v) is 7.06. The van der Waals surface area contributed by atoms with E-state index >= 15 is 0 Å². The minimum atomic E-state index is 0.286. The molecule has 0 radical (unpaired) electrons. The topological polar surface area (TPSA) is 20.3 Å². The van der Waals surface area contributed by atoms with Gasteiger partial charge in [-0.2, -0.15) is 0 Å². The van der Waals surface area contributed by atoms with Crippen molar-refractivity contribution in [2.75, 3.05) is 6.54 Å². The SMILES string of the molecule is CCCC(=O)N1CCc2cc(C)ccc2C1CC. The maximum atomic E-state index is 12.2. The van der Waals surface area contributed by atoms with Crippen molar-refractivity contribution in [3.05, 3.63) is 34.9 Å². The van der Waals surface area contributed by atoms with Gasteiger partial charge in [0.1, 0.15) is 0 Å². The van der Waals surface area contributed by atoms with Gasteiger partial charge in [-0.05, 0) is 37.3 Å². The summed E-state index contributed by atoms with van der Waals surface area (Å²) in [6.07, 6.45) is 3.62. The molecule has 0 saturated heterocycles. The number of nitrogens with zero attached hydrogens (tertiary/aromatic N) is 1. The second-order valence-electron chi connectivity index (χ2n) is 5.21. The van der Waals surface area contributed by atoms with Crippen molar-refractivity contribution >= 4 is 5.91 Å². The lowest BCUT2D eigenvalue weighted by Crippen LogP contribution is -2.39. The number of carbonyl (C=O) groups excluding carboxylic acids is 1. The van der Waals surface area contributed by atoms with Crippen LogP contribution in [-0.2, 0) is 11.2 Å². The summed E-state index contributed by atoms with van der Waals surface area (Å²) in [5.74, 6) is 0.315. The van der Waals surface area contributed by atoms with E-state index in [0.29, 0.717) is 12.3 Å². The second-order valence-corrected chi connectivity index (χ2v) is 5.21. The lowest BCUT2D eigenvalue weighted by atomic mass is 9.89. The number of hydrogen-bond acceptors (Lipinski definition) is 1. The van der Waals surface area contributed by atoms with E-state index in [1.165, 1.54) is 16.7 Å². The van der Waals surface area contributed by atoms with E-state index in [4.69, 9.17) is 0 Å². The molecule has 0 saturated carbocycles. The van der Waals surface area contributed by atoms with Crippen LogP contribution in [0.15, 0.2) is 18.2 Å². The third-order valence-electron chi connectivity index (χ3n) is 3.83. The summed E-state index contributed by atoms with van der Waals surface area (Å²) >= 11 is 0. The third kappa shape index (κ3) is 2.43. The average Bonchev–Trinajstić information content (AvgIpc) is 2.37. The molecule has 1 aliphatic rings. The number of amides is 1. The van der Waals surface area contributed by atoms with Crippen LogP contribution < -0.4 is 0 Å². The van der Waals surface area contributed by atoms with Gasteiger partial charge in [0.15, 0.2) is 0 Å². The van der Waals surface area contributed by atoms with Crippen LogP contribution >= 0.6 is 0 Å². The van der Waals surface area contributed by atoms with E-state index in [-0.39, 0.29) is 6.04 Å². The van der Waals surface area contributed by atoms with Crippen LogP contribution in [0.3, 0.4) is 0 Å². The first kappa shape index (κ1) is 13.1. The van der Waals surface area contributed by atoms with Gasteiger partial charge in [-0.3, -0.25) is 4.79 Å². The van der Waals surface area contributed by atoms with Crippen LogP contribution in [-0.4, -0.2) is 17.4 Å². The molecule has 0 aromatic heterocycles. The Morgan fingerprint density at radius 2 is 2.17 bits per heavy atom. The molecular formula is C16H23NO. The van der Waals surface area contributed by atoms with Crippen molar-refractivity contribution in [2.24, 2.45) is 0 Å². The lowest BCUT2D eigenvalue weighted by molar-refractivity contribution is -0.134. The van der Waals surface area contributed by atoms with E-state index < -0.39 is 0 Å². The van der Waals surface area contributed by atoms with Crippen molar-refractivity contribution in [1.29, 1.82) is 0 Å². The molecule has 1 atom stereocenters. The molecule has 1 aromatic rings. The molecule has 0 fully saturated rings. The van der Waals surface area contributed by atoms with E-state index in [9.17, 15) is 4.79 Å². The molecule has 0 bridgehead atoms. The zero-order chi connectivity index (χ0) is 13.1. The lowest BCUT2D eigenvalue weighted by Gasteiger charge is -2.37. The Hall–Kier alpha value is -1.31. The number of aryl methyl sites for hydroxylation is 1. The summed E-state index contributed by atoms with van der Waals surface area (Å²) < 4.78 is 0. The molecule has 0 spiro atoms. The largest absolute Gasteiger partial charge is 0.335 e. The van der Waals surface area contributed by atoms with Gasteiger partial charge in [-0.15, -0.1) is 0 Å². The Balaban J connectivity index is 2.29. The molecule has 2 rings (SSSR count). The average molecular weight is 245 g/mol. The van der Waals surface area contributed by atoms with Gasteiger partial charge >= 0.3 is 0 Å². The Kier molecular flexibility index (Phi) is 4.05. The number of rotatable bonds is 3. The first-order valence-electron chi connectivity index (χ1n) is 7.06. The van der Waals surface area contributed by atoms with Crippen LogP contribution in [0.25, 0.3) is 0 Å². The molecule has 0 aliphatic carbocycles. The molecule has 18 heavy (non-hydrogen) atoms. The monoisotopic (exact) mass is 245 g/mol. The van der Waals surface area contributed by atoms with Crippen molar-refractivity contribution in [3.63, 3.8) is 0 Å². The number of fused-ring (bicyclic) bond motifs is 1. The highest BCUT2D eigenvalue weighted by Crippen LogP contribution is 2.33. The van der Waals surface area contributed by atoms with Gasteiger partial charge in [0.25, 0.3) is 0 Å². The van der Waals surface area contributed by atoms with Crippen LogP contribution in [0.2, 0.25) is 0 Å². The zero-order valence-electron chi connectivity index (χ0n) is 11.7. The second kappa shape index (κ2) is 5.55. The normalized spacial score (nSPS) is 18.6. The molecule has 2 nitrogen and oxygen atoms in total. The minimum absolute atomic E-state index is 0.286. The Bertz CT molecular complexity index is 439. The molecule has 2 heteroatoms. The predicted molar refractivity (Wildman–Crippen MR) is 74.5 cm³/mol. The maximum absolute atomic E-state index is 12.2. The molecule has 1 amide bonds. The fourth-order valence-corrected chi connectivity index (χ4v) is 2.94. The quantitative estimate of drug-likeness (QED) is 0.796. The van der Waals surface area contributed by atoms with Crippen LogP contribution in [0.1, 0.15) is 55.8 Å². The summed E-state index contributed by atoms with van der Waals surface area (Å²) in [7, 11) is 0.